The van der Waals surface area contributed by atoms with Crippen LogP contribution in [0.4, 0.5) is 8.78 Å². The fourth-order valence-corrected chi connectivity index (χ4v) is 4.05. The largest absolute Gasteiger partial charge is 0.442 e. The van der Waals surface area contributed by atoms with Crippen molar-refractivity contribution in [1.82, 2.24) is 0 Å². The minimum Gasteiger partial charge on any atom is -0.420 e. The molecule has 0 heterocycles. The second kappa shape index (κ2) is 11.5. The number of aliphatic hydroxyl groups excluding tert-OH is 1. The van der Waals surface area contributed by atoms with Crippen molar-refractivity contribution < 1.29 is 27.9 Å². The van der Waals surface area contributed by atoms with Crippen molar-refractivity contribution in [3.63, 3.8) is 0 Å². The molecular formula is C15H22BrF2O4PS. The zero-order valence-corrected chi connectivity index (χ0v) is 16.5. The van der Waals surface area contributed by atoms with Crippen LogP contribution in [0.25, 0.3) is 0 Å². The van der Waals surface area contributed by atoms with Crippen molar-refractivity contribution in [3.8, 4) is 5.75 Å². The lowest BCUT2D eigenvalue weighted by atomic mass is 10.2. The van der Waals surface area contributed by atoms with Gasteiger partial charge < -0.3 is 14.5 Å². The molecule has 0 saturated heterocycles. The molecule has 24 heavy (non-hydrogen) atoms. The number of thioether (sulfide) groups is 1. The molecule has 1 aromatic rings. The van der Waals surface area contributed by atoms with E-state index in [1.807, 2.05) is 0 Å². The first kappa shape index (κ1) is 21.9. The topological polar surface area (TPSA) is 66.8 Å². The van der Waals surface area contributed by atoms with Gasteiger partial charge in [-0.2, -0.15) is 20.5 Å². The van der Waals surface area contributed by atoms with Crippen LogP contribution in [0, 0.1) is 0 Å². The molecule has 2 N–H and O–H groups in total. The average Bonchev–Trinajstić information content (AvgIpc) is 2.52. The van der Waals surface area contributed by atoms with Crippen LogP contribution < -0.4 is 4.52 Å². The average molecular weight is 447 g/mol. The van der Waals surface area contributed by atoms with Crippen molar-refractivity contribution in [2.24, 2.45) is 0 Å². The zero-order valence-electron chi connectivity index (χ0n) is 13.2. The molecule has 9 heteroatoms. The highest BCUT2D eigenvalue weighted by Gasteiger charge is 2.34. The van der Waals surface area contributed by atoms with Gasteiger partial charge in [0.1, 0.15) is 5.75 Å². The van der Waals surface area contributed by atoms with E-state index in [9.17, 15) is 13.3 Å². The number of benzene rings is 1. The third-order valence-electron chi connectivity index (χ3n) is 3.19. The first-order valence-corrected chi connectivity index (χ1v) is 11.2. The first-order chi connectivity index (χ1) is 11.4. The molecule has 1 rings (SSSR count). The van der Waals surface area contributed by atoms with Crippen LogP contribution in [0.2, 0.25) is 0 Å². The van der Waals surface area contributed by atoms with Crippen LogP contribution in [0.5, 0.6) is 5.75 Å². The van der Waals surface area contributed by atoms with E-state index in [1.54, 1.807) is 23.9 Å². The van der Waals surface area contributed by atoms with Crippen LogP contribution in [-0.2, 0) is 10.3 Å². The van der Waals surface area contributed by atoms with Gasteiger partial charge in [0, 0.05) is 12.4 Å². The summed E-state index contributed by atoms with van der Waals surface area (Å²) in [5, 5.41) is 8.68. The van der Waals surface area contributed by atoms with E-state index >= 15 is 0 Å². The molecule has 1 unspecified atom stereocenters. The molecule has 0 saturated carbocycles. The van der Waals surface area contributed by atoms with Gasteiger partial charge in [0.05, 0.1) is 4.47 Å². The van der Waals surface area contributed by atoms with Gasteiger partial charge in [-0.05, 0) is 52.2 Å². The second-order valence-electron chi connectivity index (χ2n) is 5.24. The monoisotopic (exact) mass is 446 g/mol. The highest BCUT2D eigenvalue weighted by molar-refractivity contribution is 9.10. The Morgan fingerprint density at radius 3 is 2.50 bits per heavy atom. The Labute approximate surface area is 153 Å². The van der Waals surface area contributed by atoms with Crippen molar-refractivity contribution in [2.75, 3.05) is 12.4 Å². The number of halogens is 3. The maximum atomic E-state index is 12.4. The van der Waals surface area contributed by atoms with E-state index in [0.717, 1.165) is 49.2 Å². The molecule has 1 aromatic carbocycles. The van der Waals surface area contributed by atoms with E-state index < -0.39 is 13.8 Å². The summed E-state index contributed by atoms with van der Waals surface area (Å²) < 4.78 is 40.9. The number of hydrogen-bond acceptors (Lipinski definition) is 4. The Morgan fingerprint density at radius 2 is 1.88 bits per heavy atom. The molecule has 0 bridgehead atoms. The highest BCUT2D eigenvalue weighted by Crippen LogP contribution is 2.50. The van der Waals surface area contributed by atoms with Gasteiger partial charge in [-0.1, -0.05) is 25.3 Å². The van der Waals surface area contributed by atoms with Crippen molar-refractivity contribution in [1.29, 1.82) is 0 Å². The van der Waals surface area contributed by atoms with Gasteiger partial charge >= 0.3 is 13.8 Å². The van der Waals surface area contributed by atoms with Crippen molar-refractivity contribution in [2.45, 2.75) is 44.0 Å². The number of hydrogen-bond donors (Lipinski definition) is 2. The number of rotatable bonds is 12. The van der Waals surface area contributed by atoms with Crippen LogP contribution in [-0.4, -0.2) is 28.5 Å². The van der Waals surface area contributed by atoms with Gasteiger partial charge in [-0.3, -0.25) is 0 Å². The number of unbranched alkanes of at least 4 members (excludes halogenated alkanes) is 4. The van der Waals surface area contributed by atoms with E-state index in [0.29, 0.717) is 4.47 Å². The van der Waals surface area contributed by atoms with Crippen LogP contribution >= 0.6 is 35.3 Å². The van der Waals surface area contributed by atoms with Gasteiger partial charge in [0.15, 0.2) is 0 Å². The summed E-state index contributed by atoms with van der Waals surface area (Å²) in [6.07, 6.45) is 1.87. The van der Waals surface area contributed by atoms with E-state index in [-0.39, 0.29) is 12.4 Å². The SMILES string of the molecule is O=P(O)(Oc1ccc(CSCCCCCCCO)cc1Br)C(F)F. The molecule has 0 radical (unpaired) electrons. The van der Waals surface area contributed by atoms with Gasteiger partial charge in [0.2, 0.25) is 0 Å². The lowest BCUT2D eigenvalue weighted by Gasteiger charge is -2.14. The maximum Gasteiger partial charge on any atom is 0.442 e. The van der Waals surface area contributed by atoms with Crippen molar-refractivity contribution >= 4 is 35.3 Å². The Morgan fingerprint density at radius 1 is 1.21 bits per heavy atom. The Kier molecular flexibility index (Phi) is 10.5. The summed E-state index contributed by atoms with van der Waals surface area (Å²) >= 11 is 4.94. The van der Waals surface area contributed by atoms with Gasteiger partial charge in [0.25, 0.3) is 0 Å². The molecule has 0 aromatic heterocycles. The summed E-state index contributed by atoms with van der Waals surface area (Å²) in [4.78, 5) is 9.06. The summed E-state index contributed by atoms with van der Waals surface area (Å²) in [6, 6.07) is 4.81. The third kappa shape index (κ3) is 8.30. The predicted octanol–water partition coefficient (Wildman–Crippen LogP) is 5.41. The molecule has 0 spiro atoms. The molecule has 1 atom stereocenters. The summed E-state index contributed by atoms with van der Waals surface area (Å²) in [5.74, 6) is 1.71. The maximum absolute atomic E-state index is 12.4. The Balaban J connectivity index is 2.36. The normalized spacial score (nSPS) is 13.9. The third-order valence-corrected chi connectivity index (χ3v) is 5.87. The molecule has 0 aliphatic heterocycles. The fourth-order valence-electron chi connectivity index (χ4n) is 1.93. The molecule has 0 aliphatic carbocycles. The molecule has 0 fully saturated rings. The quantitative estimate of drug-likeness (QED) is 0.331. The summed E-state index contributed by atoms with van der Waals surface area (Å²) in [6.45, 7) is 0.256. The van der Waals surface area contributed by atoms with Gasteiger partial charge in [-0.25, -0.2) is 4.57 Å². The highest BCUT2D eigenvalue weighted by atomic mass is 79.9. The summed E-state index contributed by atoms with van der Waals surface area (Å²) in [5.41, 5.74) is 0.976. The number of aliphatic hydroxyl groups is 1. The lowest BCUT2D eigenvalue weighted by molar-refractivity contribution is 0.188. The second-order valence-corrected chi connectivity index (χ2v) is 8.90. The standard InChI is InChI=1S/C15H22BrF2O4PS/c16-13-10-12(11-24-9-5-3-1-2-4-8-19)6-7-14(13)22-23(20,21)15(17)18/h6-7,10,15,19H,1-5,8-9,11H2,(H,20,21). The minimum absolute atomic E-state index is 0.0706. The van der Waals surface area contributed by atoms with E-state index in [4.69, 9.17) is 10.00 Å². The van der Waals surface area contributed by atoms with E-state index in [2.05, 4.69) is 20.5 Å². The smallest absolute Gasteiger partial charge is 0.420 e. The number of alkyl halides is 2. The van der Waals surface area contributed by atoms with E-state index in [1.165, 1.54) is 6.07 Å². The molecular weight excluding hydrogens is 425 g/mol. The Hall–Kier alpha value is -0.140. The lowest BCUT2D eigenvalue weighted by Crippen LogP contribution is -2.01. The minimum atomic E-state index is -4.95. The summed E-state index contributed by atoms with van der Waals surface area (Å²) in [7, 11) is -4.95. The Bertz CT molecular complexity index is 548. The molecule has 0 amide bonds. The van der Waals surface area contributed by atoms with Crippen molar-refractivity contribution in [3.05, 3.63) is 28.2 Å². The first-order valence-electron chi connectivity index (χ1n) is 7.64. The van der Waals surface area contributed by atoms with Gasteiger partial charge in [-0.15, -0.1) is 0 Å². The molecule has 138 valence electrons. The van der Waals surface area contributed by atoms with Crippen LogP contribution in [0.15, 0.2) is 22.7 Å². The zero-order chi connectivity index (χ0) is 18.0. The molecule has 0 aliphatic rings. The van der Waals surface area contributed by atoms with Crippen LogP contribution in [0.3, 0.4) is 0 Å². The van der Waals surface area contributed by atoms with Crippen LogP contribution in [0.1, 0.15) is 37.7 Å². The molecule has 4 nitrogen and oxygen atoms in total. The predicted molar refractivity (Wildman–Crippen MR) is 96.9 cm³/mol. The fraction of sp³-hybridized carbons (Fsp3) is 0.600.